The summed E-state index contributed by atoms with van der Waals surface area (Å²) in [5.41, 5.74) is 0.460. The van der Waals surface area contributed by atoms with Crippen molar-refractivity contribution in [3.63, 3.8) is 0 Å². The number of rotatable bonds is 3. The van der Waals surface area contributed by atoms with Crippen molar-refractivity contribution in [2.24, 2.45) is 0 Å². The summed E-state index contributed by atoms with van der Waals surface area (Å²) in [4.78, 5) is 18.9. The van der Waals surface area contributed by atoms with Crippen molar-refractivity contribution in [3.05, 3.63) is 60.2 Å². The SMILES string of the molecule is O=C(O)c1nc(Oc2ccc(F)cc2)c2ccccc2n1. The zero-order valence-electron chi connectivity index (χ0n) is 10.7. The van der Waals surface area contributed by atoms with E-state index in [1.807, 2.05) is 0 Å². The molecule has 1 aromatic heterocycles. The fourth-order valence-electron chi connectivity index (χ4n) is 1.84. The predicted molar refractivity (Wildman–Crippen MR) is 73.0 cm³/mol. The van der Waals surface area contributed by atoms with Crippen LogP contribution in [0.15, 0.2) is 48.5 Å². The largest absolute Gasteiger partial charge is 0.475 e. The normalized spacial score (nSPS) is 10.5. The molecule has 0 bridgehead atoms. The van der Waals surface area contributed by atoms with E-state index in [0.29, 0.717) is 16.7 Å². The predicted octanol–water partition coefficient (Wildman–Crippen LogP) is 3.26. The van der Waals surface area contributed by atoms with E-state index in [0.717, 1.165) is 0 Å². The molecular weight excluding hydrogens is 275 g/mol. The van der Waals surface area contributed by atoms with Gasteiger partial charge in [0.25, 0.3) is 0 Å². The second-order valence-electron chi connectivity index (χ2n) is 4.23. The Kier molecular flexibility index (Phi) is 3.19. The van der Waals surface area contributed by atoms with E-state index in [-0.39, 0.29) is 17.5 Å². The minimum Gasteiger partial charge on any atom is -0.475 e. The number of halogens is 1. The molecule has 0 radical (unpaired) electrons. The Morgan fingerprint density at radius 1 is 1.05 bits per heavy atom. The first-order chi connectivity index (χ1) is 10.1. The summed E-state index contributed by atoms with van der Waals surface area (Å²) >= 11 is 0. The lowest BCUT2D eigenvalue weighted by molar-refractivity contribution is 0.0683. The maximum atomic E-state index is 12.9. The van der Waals surface area contributed by atoms with Gasteiger partial charge in [0.1, 0.15) is 11.6 Å². The second kappa shape index (κ2) is 5.16. The molecule has 21 heavy (non-hydrogen) atoms. The molecule has 0 aliphatic rings. The Hall–Kier alpha value is -3.02. The summed E-state index contributed by atoms with van der Waals surface area (Å²) in [5, 5.41) is 9.62. The van der Waals surface area contributed by atoms with Crippen LogP contribution in [0.3, 0.4) is 0 Å². The second-order valence-corrected chi connectivity index (χ2v) is 4.23. The van der Waals surface area contributed by atoms with Gasteiger partial charge in [0.15, 0.2) is 0 Å². The molecule has 0 saturated heterocycles. The van der Waals surface area contributed by atoms with Gasteiger partial charge in [0.2, 0.25) is 11.7 Å². The Bertz CT molecular complexity index is 819. The topological polar surface area (TPSA) is 72.3 Å². The van der Waals surface area contributed by atoms with Gasteiger partial charge < -0.3 is 9.84 Å². The number of hydrogen-bond donors (Lipinski definition) is 1. The third-order valence-electron chi connectivity index (χ3n) is 2.79. The standard InChI is InChI=1S/C15H9FN2O3/c16-9-5-7-10(8-6-9)21-14-11-3-1-2-4-12(11)17-13(18-14)15(19)20/h1-8H,(H,19,20). The molecule has 5 nitrogen and oxygen atoms in total. The Morgan fingerprint density at radius 2 is 1.76 bits per heavy atom. The van der Waals surface area contributed by atoms with E-state index >= 15 is 0 Å². The molecule has 0 saturated carbocycles. The Balaban J connectivity index is 2.11. The molecule has 0 fully saturated rings. The van der Waals surface area contributed by atoms with Crippen molar-refractivity contribution >= 4 is 16.9 Å². The quantitative estimate of drug-likeness (QED) is 0.799. The maximum absolute atomic E-state index is 12.9. The van der Waals surface area contributed by atoms with Crippen molar-refractivity contribution < 1.29 is 19.0 Å². The van der Waals surface area contributed by atoms with Crippen LogP contribution in [0.4, 0.5) is 4.39 Å². The highest BCUT2D eigenvalue weighted by Crippen LogP contribution is 2.27. The summed E-state index contributed by atoms with van der Waals surface area (Å²) in [6.07, 6.45) is 0. The average molecular weight is 284 g/mol. The Morgan fingerprint density at radius 3 is 2.48 bits per heavy atom. The maximum Gasteiger partial charge on any atom is 0.374 e. The highest BCUT2D eigenvalue weighted by molar-refractivity contribution is 5.90. The Labute approximate surface area is 118 Å². The van der Waals surface area contributed by atoms with Crippen LogP contribution in [0, 0.1) is 5.82 Å². The molecule has 0 spiro atoms. The van der Waals surface area contributed by atoms with Crippen LogP contribution in [0.5, 0.6) is 11.6 Å². The fraction of sp³-hybridized carbons (Fsp3) is 0. The van der Waals surface area contributed by atoms with E-state index in [2.05, 4.69) is 9.97 Å². The first kappa shape index (κ1) is 13.0. The number of carboxylic acids is 1. The molecule has 1 N–H and O–H groups in total. The van der Waals surface area contributed by atoms with E-state index in [4.69, 9.17) is 9.84 Å². The number of hydrogen-bond acceptors (Lipinski definition) is 4. The van der Waals surface area contributed by atoms with Gasteiger partial charge in [-0.3, -0.25) is 0 Å². The highest BCUT2D eigenvalue weighted by atomic mass is 19.1. The monoisotopic (exact) mass is 284 g/mol. The van der Waals surface area contributed by atoms with Crippen LogP contribution in [0.1, 0.15) is 10.6 Å². The number of aromatic carboxylic acids is 1. The van der Waals surface area contributed by atoms with E-state index in [9.17, 15) is 9.18 Å². The molecule has 0 aliphatic carbocycles. The molecule has 0 aliphatic heterocycles. The van der Waals surface area contributed by atoms with Crippen LogP contribution in [-0.2, 0) is 0 Å². The fourth-order valence-corrected chi connectivity index (χ4v) is 1.84. The van der Waals surface area contributed by atoms with Crippen molar-refractivity contribution in [2.75, 3.05) is 0 Å². The summed E-state index contributed by atoms with van der Waals surface area (Å²) in [6.45, 7) is 0. The van der Waals surface area contributed by atoms with Crippen molar-refractivity contribution in [1.82, 2.24) is 9.97 Å². The van der Waals surface area contributed by atoms with Gasteiger partial charge in [-0.2, -0.15) is 4.98 Å². The number of aromatic nitrogens is 2. The van der Waals surface area contributed by atoms with Gasteiger partial charge in [-0.25, -0.2) is 14.2 Å². The molecule has 2 aromatic carbocycles. The number of para-hydroxylation sites is 1. The third-order valence-corrected chi connectivity index (χ3v) is 2.79. The molecule has 1 heterocycles. The van der Waals surface area contributed by atoms with Crippen molar-refractivity contribution in [3.8, 4) is 11.6 Å². The molecule has 0 unspecified atom stereocenters. The van der Waals surface area contributed by atoms with Crippen LogP contribution in [0.2, 0.25) is 0 Å². The molecule has 0 amide bonds. The average Bonchev–Trinajstić information content (AvgIpc) is 2.49. The summed E-state index contributed by atoms with van der Waals surface area (Å²) in [5.74, 6) is -1.52. The number of carboxylic acid groups (broad SMARTS) is 1. The van der Waals surface area contributed by atoms with Gasteiger partial charge in [0.05, 0.1) is 10.9 Å². The van der Waals surface area contributed by atoms with Crippen LogP contribution < -0.4 is 4.74 Å². The number of fused-ring (bicyclic) bond motifs is 1. The molecule has 104 valence electrons. The summed E-state index contributed by atoms with van der Waals surface area (Å²) in [7, 11) is 0. The molecular formula is C15H9FN2O3. The van der Waals surface area contributed by atoms with Gasteiger partial charge >= 0.3 is 5.97 Å². The smallest absolute Gasteiger partial charge is 0.374 e. The summed E-state index contributed by atoms with van der Waals surface area (Å²) < 4.78 is 18.4. The lowest BCUT2D eigenvalue weighted by Crippen LogP contribution is -2.05. The van der Waals surface area contributed by atoms with Crippen LogP contribution in [0.25, 0.3) is 10.9 Å². The number of nitrogens with zero attached hydrogens (tertiary/aromatic N) is 2. The highest BCUT2D eigenvalue weighted by Gasteiger charge is 2.14. The first-order valence-electron chi connectivity index (χ1n) is 6.07. The van der Waals surface area contributed by atoms with Crippen LogP contribution in [-0.4, -0.2) is 21.0 Å². The zero-order chi connectivity index (χ0) is 14.8. The number of benzene rings is 2. The van der Waals surface area contributed by atoms with E-state index in [1.165, 1.54) is 24.3 Å². The van der Waals surface area contributed by atoms with E-state index < -0.39 is 5.97 Å². The van der Waals surface area contributed by atoms with Gasteiger partial charge in [0, 0.05) is 0 Å². The molecule has 6 heteroatoms. The lowest BCUT2D eigenvalue weighted by atomic mass is 10.2. The number of ether oxygens (including phenoxy) is 1. The van der Waals surface area contributed by atoms with Crippen molar-refractivity contribution in [2.45, 2.75) is 0 Å². The zero-order valence-corrected chi connectivity index (χ0v) is 10.7. The van der Waals surface area contributed by atoms with Gasteiger partial charge in [-0.05, 0) is 36.4 Å². The van der Waals surface area contributed by atoms with Crippen LogP contribution >= 0.6 is 0 Å². The minimum absolute atomic E-state index is 0.115. The molecule has 3 aromatic rings. The minimum atomic E-state index is -1.25. The van der Waals surface area contributed by atoms with Gasteiger partial charge in [-0.1, -0.05) is 12.1 Å². The first-order valence-corrected chi connectivity index (χ1v) is 6.07. The third kappa shape index (κ3) is 2.64. The van der Waals surface area contributed by atoms with Crippen molar-refractivity contribution in [1.29, 1.82) is 0 Å². The number of carbonyl (C=O) groups is 1. The molecule has 0 atom stereocenters. The molecule has 3 rings (SSSR count). The summed E-state index contributed by atoms with van der Waals surface area (Å²) in [6, 6.07) is 12.3. The van der Waals surface area contributed by atoms with E-state index in [1.54, 1.807) is 24.3 Å². The lowest BCUT2D eigenvalue weighted by Gasteiger charge is -2.08. The van der Waals surface area contributed by atoms with Gasteiger partial charge in [-0.15, -0.1) is 0 Å².